The van der Waals surface area contributed by atoms with E-state index in [0.717, 1.165) is 30.6 Å². The van der Waals surface area contributed by atoms with Gasteiger partial charge in [0.1, 0.15) is 4.88 Å². The number of thiophene rings is 1. The smallest absolute Gasteiger partial charge is 0.348 e. The molecule has 0 amide bonds. The molecule has 0 fully saturated rings. The molecule has 88 valence electrons. The molecule has 0 atom stereocenters. The maximum atomic E-state index is 11.7. The molecular weight excluding hydrogens is 220 g/mol. The van der Waals surface area contributed by atoms with Crippen LogP contribution in [0.1, 0.15) is 52.7 Å². The fraction of sp³-hybridized carbons (Fsp3) is 0.615. The fourth-order valence-corrected chi connectivity index (χ4v) is 3.12. The van der Waals surface area contributed by atoms with Crippen LogP contribution in [0.5, 0.6) is 0 Å². The van der Waals surface area contributed by atoms with Gasteiger partial charge in [-0.05, 0) is 43.7 Å². The summed E-state index contributed by atoms with van der Waals surface area (Å²) in [4.78, 5) is 13.9. The van der Waals surface area contributed by atoms with Crippen molar-refractivity contribution in [3.05, 3.63) is 21.4 Å². The molecule has 1 aromatic heterocycles. The van der Waals surface area contributed by atoms with E-state index in [9.17, 15) is 4.79 Å². The number of hydrogen-bond donors (Lipinski definition) is 0. The Labute approximate surface area is 101 Å². The minimum absolute atomic E-state index is 0.132. The third-order valence-electron chi connectivity index (χ3n) is 2.93. The van der Waals surface area contributed by atoms with Gasteiger partial charge in [-0.2, -0.15) is 0 Å². The number of ether oxygens (including phenoxy) is 1. The van der Waals surface area contributed by atoms with E-state index in [0.29, 0.717) is 6.61 Å². The molecule has 0 aromatic carbocycles. The number of fused-ring (bicyclic) bond motifs is 1. The van der Waals surface area contributed by atoms with Crippen molar-refractivity contribution in [2.45, 2.75) is 45.4 Å². The minimum atomic E-state index is -0.132. The molecule has 1 aliphatic carbocycles. The molecule has 0 saturated heterocycles. The maximum Gasteiger partial charge on any atom is 0.348 e. The predicted octanol–water partition coefficient (Wildman–Crippen LogP) is 3.58. The summed E-state index contributed by atoms with van der Waals surface area (Å²) in [7, 11) is 0. The minimum Gasteiger partial charge on any atom is -0.462 e. The highest BCUT2D eigenvalue weighted by Gasteiger charge is 2.17. The van der Waals surface area contributed by atoms with Gasteiger partial charge in [0, 0.05) is 4.88 Å². The molecule has 0 N–H and O–H groups in total. The van der Waals surface area contributed by atoms with E-state index in [4.69, 9.17) is 4.74 Å². The summed E-state index contributed by atoms with van der Waals surface area (Å²) in [5.41, 5.74) is 1.37. The van der Waals surface area contributed by atoms with Gasteiger partial charge in [0.05, 0.1) is 6.61 Å². The van der Waals surface area contributed by atoms with Crippen molar-refractivity contribution in [3.63, 3.8) is 0 Å². The van der Waals surface area contributed by atoms with Crippen LogP contribution in [0.25, 0.3) is 0 Å². The topological polar surface area (TPSA) is 26.3 Å². The van der Waals surface area contributed by atoms with Crippen LogP contribution >= 0.6 is 11.3 Å². The number of carbonyl (C=O) groups is 1. The first-order valence-corrected chi connectivity index (χ1v) is 6.91. The van der Waals surface area contributed by atoms with Crippen LogP contribution in [0, 0.1) is 0 Å². The summed E-state index contributed by atoms with van der Waals surface area (Å²) >= 11 is 1.63. The molecule has 0 spiro atoms. The Balaban J connectivity index is 1.98. The second-order valence-corrected chi connectivity index (χ2v) is 5.39. The number of carbonyl (C=O) groups excluding carboxylic acids is 1. The van der Waals surface area contributed by atoms with Gasteiger partial charge in [-0.3, -0.25) is 0 Å². The second kappa shape index (κ2) is 5.48. The average Bonchev–Trinajstić information content (AvgIpc) is 2.73. The van der Waals surface area contributed by atoms with Gasteiger partial charge in [0.2, 0.25) is 0 Å². The van der Waals surface area contributed by atoms with Gasteiger partial charge < -0.3 is 4.74 Å². The third kappa shape index (κ3) is 2.64. The van der Waals surface area contributed by atoms with E-state index in [1.54, 1.807) is 11.3 Å². The Kier molecular flexibility index (Phi) is 3.99. The molecule has 0 bridgehead atoms. The molecule has 1 aromatic rings. The Morgan fingerprint density at radius 3 is 3.00 bits per heavy atom. The number of rotatable bonds is 4. The average molecular weight is 238 g/mol. The van der Waals surface area contributed by atoms with E-state index in [-0.39, 0.29) is 5.97 Å². The van der Waals surface area contributed by atoms with E-state index in [2.05, 4.69) is 6.92 Å². The number of aryl methyl sites for hydroxylation is 2. The zero-order chi connectivity index (χ0) is 11.4. The van der Waals surface area contributed by atoms with Crippen molar-refractivity contribution >= 4 is 17.3 Å². The van der Waals surface area contributed by atoms with Crippen molar-refractivity contribution in [1.29, 1.82) is 0 Å². The zero-order valence-corrected chi connectivity index (χ0v) is 10.6. The van der Waals surface area contributed by atoms with Crippen molar-refractivity contribution in [2.24, 2.45) is 0 Å². The standard InChI is InChI=1S/C13H18O2S/c1-2-3-8-15-13(14)12-9-10-6-4-5-7-11(10)16-12/h9H,2-8H2,1H3. The SMILES string of the molecule is CCCCOC(=O)c1cc2c(s1)CCCC2. The van der Waals surface area contributed by atoms with E-state index in [1.807, 2.05) is 6.07 Å². The van der Waals surface area contributed by atoms with Gasteiger partial charge in [-0.15, -0.1) is 11.3 Å². The molecule has 0 saturated carbocycles. The number of hydrogen-bond acceptors (Lipinski definition) is 3. The van der Waals surface area contributed by atoms with Crippen LogP contribution in [-0.4, -0.2) is 12.6 Å². The highest BCUT2D eigenvalue weighted by molar-refractivity contribution is 7.14. The number of unbranched alkanes of at least 4 members (excludes halogenated alkanes) is 1. The van der Waals surface area contributed by atoms with E-state index < -0.39 is 0 Å². The molecule has 1 heterocycles. The Morgan fingerprint density at radius 2 is 2.25 bits per heavy atom. The lowest BCUT2D eigenvalue weighted by molar-refractivity contribution is 0.0505. The summed E-state index contributed by atoms with van der Waals surface area (Å²) < 4.78 is 5.22. The predicted molar refractivity (Wildman–Crippen MR) is 66.2 cm³/mol. The first-order valence-electron chi connectivity index (χ1n) is 6.10. The lowest BCUT2D eigenvalue weighted by Gasteiger charge is -2.08. The first kappa shape index (κ1) is 11.6. The van der Waals surface area contributed by atoms with Crippen molar-refractivity contribution in [2.75, 3.05) is 6.61 Å². The summed E-state index contributed by atoms with van der Waals surface area (Å²) in [5.74, 6) is -0.132. The van der Waals surface area contributed by atoms with Crippen molar-refractivity contribution in [1.82, 2.24) is 0 Å². The third-order valence-corrected chi connectivity index (χ3v) is 4.15. The summed E-state index contributed by atoms with van der Waals surface area (Å²) in [6.45, 7) is 2.65. The van der Waals surface area contributed by atoms with Crippen LogP contribution in [0.3, 0.4) is 0 Å². The van der Waals surface area contributed by atoms with Gasteiger partial charge in [0.15, 0.2) is 0 Å². The van der Waals surface area contributed by atoms with Crippen molar-refractivity contribution in [3.8, 4) is 0 Å². The maximum absolute atomic E-state index is 11.7. The van der Waals surface area contributed by atoms with E-state index in [1.165, 1.54) is 23.3 Å². The highest BCUT2D eigenvalue weighted by atomic mass is 32.1. The first-order chi connectivity index (χ1) is 7.81. The normalized spacial score (nSPS) is 14.6. The Morgan fingerprint density at radius 1 is 1.44 bits per heavy atom. The quantitative estimate of drug-likeness (QED) is 0.592. The largest absolute Gasteiger partial charge is 0.462 e. The van der Waals surface area contributed by atoms with Crippen LogP contribution in [-0.2, 0) is 17.6 Å². The van der Waals surface area contributed by atoms with Gasteiger partial charge >= 0.3 is 5.97 Å². The van der Waals surface area contributed by atoms with Crippen LogP contribution in [0.15, 0.2) is 6.07 Å². The molecule has 0 radical (unpaired) electrons. The summed E-state index contributed by atoms with van der Waals surface area (Å²) in [5, 5.41) is 0. The fourth-order valence-electron chi connectivity index (χ4n) is 1.97. The van der Waals surface area contributed by atoms with Gasteiger partial charge in [-0.1, -0.05) is 13.3 Å². The lowest BCUT2D eigenvalue weighted by Crippen LogP contribution is -2.04. The molecule has 0 unspecified atom stereocenters. The summed E-state index contributed by atoms with van der Waals surface area (Å²) in [6, 6.07) is 2.04. The monoisotopic (exact) mass is 238 g/mol. The zero-order valence-electron chi connectivity index (χ0n) is 9.75. The van der Waals surface area contributed by atoms with Crippen LogP contribution in [0.4, 0.5) is 0 Å². The Hall–Kier alpha value is -0.830. The second-order valence-electron chi connectivity index (χ2n) is 4.26. The van der Waals surface area contributed by atoms with Crippen LogP contribution in [0.2, 0.25) is 0 Å². The molecule has 3 heteroatoms. The molecule has 2 rings (SSSR count). The Bertz CT molecular complexity index is 345. The highest BCUT2D eigenvalue weighted by Crippen LogP contribution is 2.29. The van der Waals surface area contributed by atoms with E-state index >= 15 is 0 Å². The van der Waals surface area contributed by atoms with Crippen LogP contribution < -0.4 is 0 Å². The molecular formula is C13H18O2S. The van der Waals surface area contributed by atoms with Gasteiger partial charge in [-0.25, -0.2) is 4.79 Å². The molecule has 2 nitrogen and oxygen atoms in total. The molecule has 16 heavy (non-hydrogen) atoms. The number of esters is 1. The van der Waals surface area contributed by atoms with Crippen molar-refractivity contribution < 1.29 is 9.53 Å². The van der Waals surface area contributed by atoms with Gasteiger partial charge in [0.25, 0.3) is 0 Å². The lowest BCUT2D eigenvalue weighted by atomic mass is 9.99. The summed E-state index contributed by atoms with van der Waals surface area (Å²) in [6.07, 6.45) is 6.81. The molecule has 1 aliphatic rings. The molecule has 0 aliphatic heterocycles.